The number of hydrogen-bond donors (Lipinski definition) is 0. The van der Waals surface area contributed by atoms with Gasteiger partial charge in [0.1, 0.15) is 7.85 Å². The van der Waals surface area contributed by atoms with E-state index in [1.54, 1.807) is 9.75 Å². The molecule has 1 aliphatic rings. The maximum absolute atomic E-state index is 2.52. The molecule has 0 amide bonds. The van der Waals surface area contributed by atoms with E-state index in [-0.39, 0.29) is 0 Å². The summed E-state index contributed by atoms with van der Waals surface area (Å²) in [5.74, 6) is 0.682. The molecule has 0 unspecified atom stereocenters. The molecule has 1 aromatic rings. The molecule has 1 saturated carbocycles. The maximum Gasteiger partial charge on any atom is 0.116 e. The van der Waals surface area contributed by atoms with Crippen molar-refractivity contribution < 1.29 is 0 Å². The lowest BCUT2D eigenvalue weighted by molar-refractivity contribution is 0.430. The Hall–Kier alpha value is -0.235. The number of thiophene rings is 1. The van der Waals surface area contributed by atoms with Gasteiger partial charge < -0.3 is 0 Å². The van der Waals surface area contributed by atoms with Crippen LogP contribution in [-0.2, 0) is 5.31 Å². The van der Waals surface area contributed by atoms with E-state index in [1.165, 1.54) is 57.8 Å². The van der Waals surface area contributed by atoms with E-state index in [1.807, 2.05) is 0 Å². The van der Waals surface area contributed by atoms with Gasteiger partial charge >= 0.3 is 0 Å². The fraction of sp³-hybridized carbons (Fsp3) is 0.765. The Morgan fingerprint density at radius 1 is 0.947 bits per heavy atom. The van der Waals surface area contributed by atoms with E-state index in [2.05, 4.69) is 45.2 Å². The molecule has 0 aliphatic heterocycles. The molecule has 0 N–H and O–H groups in total. The van der Waals surface area contributed by atoms with Crippen molar-refractivity contribution in [1.29, 1.82) is 0 Å². The van der Waals surface area contributed by atoms with Gasteiger partial charge in [-0.1, -0.05) is 71.6 Å². The van der Waals surface area contributed by atoms with Crippen molar-refractivity contribution in [1.82, 2.24) is 0 Å². The van der Waals surface area contributed by atoms with Crippen molar-refractivity contribution in [2.24, 2.45) is 0 Å². The second kappa shape index (κ2) is 6.97. The first-order valence-corrected chi connectivity index (χ1v) is 9.04. The molecule has 2 heteroatoms. The van der Waals surface area contributed by atoms with Crippen LogP contribution in [0.15, 0.2) is 12.1 Å². The summed E-state index contributed by atoms with van der Waals surface area (Å²) in [6, 6.07) is 4.79. The number of rotatable bonds is 2. The van der Waals surface area contributed by atoms with E-state index in [0.29, 0.717) is 11.2 Å². The zero-order chi connectivity index (χ0) is 13.7. The molecule has 0 radical (unpaired) electrons. The molecule has 1 aromatic heterocycles. The molecule has 0 atom stereocenters. The summed E-state index contributed by atoms with van der Waals surface area (Å²) in [5, 5.41) is 0.454. The largest absolute Gasteiger partial charge is 0.145 e. The Morgan fingerprint density at radius 3 is 1.95 bits per heavy atom. The predicted molar refractivity (Wildman–Crippen MR) is 90.2 cm³/mol. The van der Waals surface area contributed by atoms with E-state index < -0.39 is 0 Å². The molecule has 2 rings (SSSR count). The molecule has 0 aromatic carbocycles. The minimum absolute atomic E-state index is 0.454. The van der Waals surface area contributed by atoms with Crippen LogP contribution in [0.4, 0.5) is 0 Å². The molecular formula is C17H29BS. The van der Waals surface area contributed by atoms with Crippen LogP contribution in [0.3, 0.4) is 0 Å². The standard InChI is InChI=1S/C17H29BS/c1-14(2)15-10-11-16(19-15)17(18)12-8-6-4-3-5-7-9-13-17/h10-11,14H,3-9,12-13,18H2,1-2H3. The van der Waals surface area contributed by atoms with E-state index in [4.69, 9.17) is 0 Å². The molecule has 106 valence electrons. The van der Waals surface area contributed by atoms with Crippen LogP contribution in [0.2, 0.25) is 0 Å². The van der Waals surface area contributed by atoms with E-state index in [9.17, 15) is 0 Å². The monoisotopic (exact) mass is 276 g/mol. The molecule has 1 fully saturated rings. The highest BCUT2D eigenvalue weighted by molar-refractivity contribution is 7.12. The fourth-order valence-electron chi connectivity index (χ4n) is 3.27. The molecule has 0 nitrogen and oxygen atoms in total. The Bertz CT molecular complexity index is 370. The van der Waals surface area contributed by atoms with Crippen LogP contribution in [0.25, 0.3) is 0 Å². The predicted octanol–water partition coefficient (Wildman–Crippen LogP) is 5.22. The number of hydrogen-bond acceptors (Lipinski definition) is 1. The Labute approximate surface area is 124 Å². The third kappa shape index (κ3) is 4.11. The third-order valence-corrected chi connectivity index (χ3v) is 6.44. The van der Waals surface area contributed by atoms with Crippen LogP contribution in [0.1, 0.15) is 87.3 Å². The zero-order valence-electron chi connectivity index (χ0n) is 13.0. The van der Waals surface area contributed by atoms with E-state index >= 15 is 0 Å². The van der Waals surface area contributed by atoms with Crippen molar-refractivity contribution in [2.75, 3.05) is 0 Å². The van der Waals surface area contributed by atoms with Crippen molar-refractivity contribution in [3.8, 4) is 0 Å². The highest BCUT2D eigenvalue weighted by Crippen LogP contribution is 2.39. The van der Waals surface area contributed by atoms with Gasteiger partial charge in [0.05, 0.1) is 0 Å². The lowest BCUT2D eigenvalue weighted by Gasteiger charge is -2.30. The Balaban J connectivity index is 2.10. The molecule has 0 bridgehead atoms. The van der Waals surface area contributed by atoms with E-state index in [0.717, 1.165) is 0 Å². The van der Waals surface area contributed by atoms with Gasteiger partial charge in [-0.2, -0.15) is 0 Å². The SMILES string of the molecule is BC1(c2ccc(C(C)C)s2)CCCCCCCCC1. The van der Waals surface area contributed by atoms with Crippen LogP contribution in [0.5, 0.6) is 0 Å². The van der Waals surface area contributed by atoms with Gasteiger partial charge in [-0.05, 0) is 23.4 Å². The second-order valence-electron chi connectivity index (χ2n) is 6.89. The van der Waals surface area contributed by atoms with Crippen LogP contribution < -0.4 is 0 Å². The quantitative estimate of drug-likeness (QED) is 0.649. The maximum atomic E-state index is 2.52. The topological polar surface area (TPSA) is 0 Å². The first-order chi connectivity index (χ1) is 9.12. The highest BCUT2D eigenvalue weighted by atomic mass is 32.1. The molecule has 1 aliphatic carbocycles. The minimum Gasteiger partial charge on any atom is -0.145 e. The van der Waals surface area contributed by atoms with Crippen molar-refractivity contribution >= 4 is 19.2 Å². The zero-order valence-corrected chi connectivity index (χ0v) is 13.8. The van der Waals surface area contributed by atoms with Gasteiger partial charge in [-0.15, -0.1) is 11.3 Å². The molecule has 19 heavy (non-hydrogen) atoms. The molecule has 0 saturated heterocycles. The average molecular weight is 276 g/mol. The molecular weight excluding hydrogens is 247 g/mol. The summed E-state index contributed by atoms with van der Waals surface area (Å²) in [4.78, 5) is 3.21. The van der Waals surface area contributed by atoms with Crippen LogP contribution in [0, 0.1) is 0 Å². The van der Waals surface area contributed by atoms with Crippen molar-refractivity contribution in [3.63, 3.8) is 0 Å². The van der Waals surface area contributed by atoms with Gasteiger partial charge in [0.25, 0.3) is 0 Å². The third-order valence-electron chi connectivity index (χ3n) is 4.75. The summed E-state index contributed by atoms with van der Waals surface area (Å²) < 4.78 is 0. The van der Waals surface area contributed by atoms with Gasteiger partial charge in [-0.3, -0.25) is 0 Å². The van der Waals surface area contributed by atoms with Gasteiger partial charge in [0, 0.05) is 9.75 Å². The fourth-order valence-corrected chi connectivity index (χ4v) is 4.49. The van der Waals surface area contributed by atoms with Crippen LogP contribution >= 0.6 is 11.3 Å². The summed E-state index contributed by atoms with van der Waals surface area (Å²) in [6.07, 6.45) is 12.9. The summed E-state index contributed by atoms with van der Waals surface area (Å²) in [7, 11) is 2.52. The smallest absolute Gasteiger partial charge is 0.116 e. The summed E-state index contributed by atoms with van der Waals surface area (Å²) in [6.45, 7) is 4.62. The van der Waals surface area contributed by atoms with Gasteiger partial charge in [-0.25, -0.2) is 0 Å². The first kappa shape index (κ1) is 15.2. The van der Waals surface area contributed by atoms with Gasteiger partial charge in [0.2, 0.25) is 0 Å². The Kier molecular flexibility index (Phi) is 5.56. The summed E-state index contributed by atoms with van der Waals surface area (Å²) in [5.41, 5.74) is 0. The van der Waals surface area contributed by atoms with Crippen LogP contribution in [-0.4, -0.2) is 7.85 Å². The van der Waals surface area contributed by atoms with Gasteiger partial charge in [0.15, 0.2) is 0 Å². The molecule has 0 spiro atoms. The Morgan fingerprint density at radius 2 is 1.47 bits per heavy atom. The van der Waals surface area contributed by atoms with Crippen molar-refractivity contribution in [3.05, 3.63) is 21.9 Å². The first-order valence-electron chi connectivity index (χ1n) is 8.22. The average Bonchev–Trinajstić information content (AvgIpc) is 2.88. The normalized spacial score (nSPS) is 21.4. The molecule has 1 heterocycles. The highest BCUT2D eigenvalue weighted by Gasteiger charge is 2.28. The second-order valence-corrected chi connectivity index (χ2v) is 8.01. The lowest BCUT2D eigenvalue weighted by atomic mass is 9.61. The summed E-state index contributed by atoms with van der Waals surface area (Å²) >= 11 is 2.07. The lowest BCUT2D eigenvalue weighted by Crippen LogP contribution is -2.25. The van der Waals surface area contributed by atoms with Crippen molar-refractivity contribution in [2.45, 2.75) is 82.9 Å². The minimum atomic E-state index is 0.454.